The van der Waals surface area contributed by atoms with Crippen LogP contribution in [0.2, 0.25) is 5.02 Å². The smallest absolute Gasteiger partial charge is 0.331 e. The van der Waals surface area contributed by atoms with Crippen molar-refractivity contribution in [1.82, 2.24) is 0 Å². The van der Waals surface area contributed by atoms with Gasteiger partial charge in [-0.1, -0.05) is 11.6 Å². The van der Waals surface area contributed by atoms with Crippen molar-refractivity contribution < 1.29 is 23.8 Å². The van der Waals surface area contributed by atoms with Gasteiger partial charge < -0.3 is 14.2 Å². The maximum atomic E-state index is 11.8. The van der Waals surface area contributed by atoms with E-state index in [-0.39, 0.29) is 5.78 Å². The number of carbonyl (C=O) groups is 2. The fourth-order valence-corrected chi connectivity index (χ4v) is 2.75. The van der Waals surface area contributed by atoms with Crippen molar-refractivity contribution in [3.63, 3.8) is 0 Å². The number of hydrogen-bond donors (Lipinski definition) is 0. The van der Waals surface area contributed by atoms with Crippen LogP contribution in [-0.4, -0.2) is 32.1 Å². The summed E-state index contributed by atoms with van der Waals surface area (Å²) in [4.78, 5) is 23.5. The summed E-state index contributed by atoms with van der Waals surface area (Å²) in [7, 11) is 3.00. The number of methoxy groups -OCH3 is 2. The Hall–Kier alpha value is -2.01. The van der Waals surface area contributed by atoms with Gasteiger partial charge in [0.15, 0.2) is 23.4 Å². The van der Waals surface area contributed by atoms with Gasteiger partial charge in [-0.05, 0) is 43.0 Å². The Bertz CT molecular complexity index is 624. The van der Waals surface area contributed by atoms with E-state index in [1.54, 1.807) is 18.2 Å². The molecule has 1 unspecified atom stereocenters. The Labute approximate surface area is 140 Å². The molecule has 5 nitrogen and oxygen atoms in total. The summed E-state index contributed by atoms with van der Waals surface area (Å²) >= 11 is 6.10. The van der Waals surface area contributed by atoms with Crippen LogP contribution < -0.4 is 9.47 Å². The van der Waals surface area contributed by atoms with Gasteiger partial charge in [-0.25, -0.2) is 4.79 Å². The zero-order chi connectivity index (χ0) is 16.8. The van der Waals surface area contributed by atoms with Crippen LogP contribution >= 0.6 is 11.6 Å². The van der Waals surface area contributed by atoms with E-state index in [4.69, 9.17) is 25.8 Å². The molecule has 1 aromatic carbocycles. The number of benzene rings is 1. The number of ether oxygens (including phenoxy) is 3. The Morgan fingerprint density at radius 1 is 1.26 bits per heavy atom. The maximum Gasteiger partial charge on any atom is 0.331 e. The van der Waals surface area contributed by atoms with Gasteiger partial charge in [-0.2, -0.15) is 0 Å². The van der Waals surface area contributed by atoms with Crippen LogP contribution in [0.3, 0.4) is 0 Å². The molecule has 0 spiro atoms. The topological polar surface area (TPSA) is 61.8 Å². The Morgan fingerprint density at radius 3 is 2.70 bits per heavy atom. The van der Waals surface area contributed by atoms with Gasteiger partial charge in [0, 0.05) is 12.5 Å². The van der Waals surface area contributed by atoms with E-state index < -0.39 is 12.1 Å². The first-order valence-electron chi connectivity index (χ1n) is 7.38. The summed E-state index contributed by atoms with van der Waals surface area (Å²) in [5.74, 6) is 0.348. The van der Waals surface area contributed by atoms with Gasteiger partial charge in [0.25, 0.3) is 0 Å². The molecule has 0 bridgehead atoms. The first-order valence-corrected chi connectivity index (χ1v) is 7.76. The van der Waals surface area contributed by atoms with Gasteiger partial charge in [0.1, 0.15) is 0 Å². The molecule has 1 fully saturated rings. The highest BCUT2D eigenvalue weighted by Crippen LogP contribution is 2.36. The molecular weight excluding hydrogens is 320 g/mol. The molecular formula is C17H19ClO5. The summed E-state index contributed by atoms with van der Waals surface area (Å²) < 4.78 is 15.5. The number of ketones is 1. The van der Waals surface area contributed by atoms with E-state index in [0.717, 1.165) is 12.8 Å². The lowest BCUT2D eigenvalue weighted by Crippen LogP contribution is -2.29. The van der Waals surface area contributed by atoms with Crippen LogP contribution in [0.15, 0.2) is 18.2 Å². The lowest BCUT2D eigenvalue weighted by Gasteiger charge is -2.19. The molecule has 1 aliphatic rings. The molecule has 0 N–H and O–H groups in total. The molecule has 0 saturated heterocycles. The van der Waals surface area contributed by atoms with Crippen LogP contribution in [0.1, 0.15) is 31.2 Å². The molecule has 0 radical (unpaired) electrons. The Balaban J connectivity index is 2.06. The van der Waals surface area contributed by atoms with Crippen LogP contribution in [0.25, 0.3) is 6.08 Å². The third kappa shape index (κ3) is 4.48. The zero-order valence-electron chi connectivity index (χ0n) is 13.1. The predicted octanol–water partition coefficient (Wildman–Crippen LogP) is 3.43. The van der Waals surface area contributed by atoms with E-state index in [2.05, 4.69) is 0 Å². The van der Waals surface area contributed by atoms with E-state index in [1.165, 1.54) is 20.3 Å². The highest BCUT2D eigenvalue weighted by molar-refractivity contribution is 6.32. The first kappa shape index (κ1) is 17.3. The summed E-state index contributed by atoms with van der Waals surface area (Å²) in [5, 5.41) is 0.377. The molecule has 0 amide bonds. The van der Waals surface area contributed by atoms with Crippen molar-refractivity contribution in [2.75, 3.05) is 14.2 Å². The van der Waals surface area contributed by atoms with E-state index in [0.29, 0.717) is 34.9 Å². The fraction of sp³-hybridized carbons (Fsp3) is 0.412. The molecule has 1 saturated carbocycles. The molecule has 1 aliphatic carbocycles. The third-order valence-electron chi connectivity index (χ3n) is 3.62. The van der Waals surface area contributed by atoms with Crippen LogP contribution in [0, 0.1) is 0 Å². The second kappa shape index (κ2) is 8.02. The third-order valence-corrected chi connectivity index (χ3v) is 3.91. The highest BCUT2D eigenvalue weighted by Gasteiger charge is 2.24. The van der Waals surface area contributed by atoms with Crippen molar-refractivity contribution in [3.8, 4) is 11.5 Å². The van der Waals surface area contributed by atoms with E-state index in [9.17, 15) is 9.59 Å². The molecule has 0 aliphatic heterocycles. The minimum absolute atomic E-state index is 0.00726. The van der Waals surface area contributed by atoms with Crippen molar-refractivity contribution >= 4 is 29.4 Å². The predicted molar refractivity (Wildman–Crippen MR) is 86.9 cm³/mol. The average molecular weight is 339 g/mol. The molecule has 124 valence electrons. The number of esters is 1. The maximum absolute atomic E-state index is 11.8. The monoisotopic (exact) mass is 338 g/mol. The molecule has 0 aromatic heterocycles. The second-order valence-electron chi connectivity index (χ2n) is 5.21. The SMILES string of the molecule is COc1cc(C=CC(=O)OC2CCCCC2=O)cc(Cl)c1OC. The zero-order valence-corrected chi connectivity index (χ0v) is 13.9. The van der Waals surface area contributed by atoms with E-state index in [1.807, 2.05) is 0 Å². The Kier molecular flexibility index (Phi) is 6.04. The van der Waals surface area contributed by atoms with Crippen LogP contribution in [0.4, 0.5) is 0 Å². The lowest BCUT2D eigenvalue weighted by atomic mass is 9.96. The first-order chi connectivity index (χ1) is 11.0. The number of Topliss-reactive ketones (excluding diaryl/α,β-unsaturated/α-hetero) is 1. The van der Waals surface area contributed by atoms with Crippen molar-refractivity contribution in [3.05, 3.63) is 28.8 Å². The van der Waals surface area contributed by atoms with Gasteiger partial charge in [-0.3, -0.25) is 4.79 Å². The average Bonchev–Trinajstić information content (AvgIpc) is 2.54. The van der Waals surface area contributed by atoms with Gasteiger partial charge in [0.05, 0.1) is 19.2 Å². The standard InChI is InChI=1S/C17H19ClO5/c1-21-15-10-11(9-12(18)17(15)22-2)7-8-16(20)23-14-6-4-3-5-13(14)19/h7-10,14H,3-6H2,1-2H3. The number of halogens is 1. The normalized spacial score (nSPS) is 18.0. The van der Waals surface area contributed by atoms with Gasteiger partial charge >= 0.3 is 5.97 Å². The quantitative estimate of drug-likeness (QED) is 0.608. The molecule has 23 heavy (non-hydrogen) atoms. The van der Waals surface area contributed by atoms with Crippen LogP contribution in [0.5, 0.6) is 11.5 Å². The van der Waals surface area contributed by atoms with Gasteiger partial charge in [-0.15, -0.1) is 0 Å². The fourth-order valence-electron chi connectivity index (χ4n) is 2.45. The molecule has 1 atom stereocenters. The summed E-state index contributed by atoms with van der Waals surface area (Å²) in [6, 6.07) is 3.35. The number of hydrogen-bond acceptors (Lipinski definition) is 5. The molecule has 0 heterocycles. The number of carbonyl (C=O) groups excluding carboxylic acids is 2. The second-order valence-corrected chi connectivity index (χ2v) is 5.62. The molecule has 2 rings (SSSR count). The minimum atomic E-state index is -0.616. The van der Waals surface area contributed by atoms with Crippen molar-refractivity contribution in [1.29, 1.82) is 0 Å². The van der Waals surface area contributed by atoms with Crippen molar-refractivity contribution in [2.24, 2.45) is 0 Å². The molecule has 6 heteroatoms. The highest BCUT2D eigenvalue weighted by atomic mass is 35.5. The summed E-state index contributed by atoms with van der Waals surface area (Å²) in [6.45, 7) is 0. The number of rotatable bonds is 5. The Morgan fingerprint density at radius 2 is 2.04 bits per heavy atom. The van der Waals surface area contributed by atoms with Crippen LogP contribution in [-0.2, 0) is 14.3 Å². The summed E-state index contributed by atoms with van der Waals surface area (Å²) in [6.07, 6.45) is 5.07. The lowest BCUT2D eigenvalue weighted by molar-refractivity contribution is -0.152. The van der Waals surface area contributed by atoms with Gasteiger partial charge in [0.2, 0.25) is 0 Å². The largest absolute Gasteiger partial charge is 0.493 e. The summed E-state index contributed by atoms with van der Waals surface area (Å²) in [5.41, 5.74) is 0.666. The minimum Gasteiger partial charge on any atom is -0.493 e. The van der Waals surface area contributed by atoms with Crippen molar-refractivity contribution in [2.45, 2.75) is 31.8 Å². The van der Waals surface area contributed by atoms with E-state index >= 15 is 0 Å². The molecule has 1 aromatic rings.